The van der Waals surface area contributed by atoms with E-state index >= 15 is 0 Å². The highest BCUT2D eigenvalue weighted by Gasteiger charge is 2.12. The molecule has 0 aliphatic carbocycles. The molecule has 0 aromatic carbocycles. The zero-order valence-electron chi connectivity index (χ0n) is 10.5. The lowest BCUT2D eigenvalue weighted by atomic mass is 10.1. The summed E-state index contributed by atoms with van der Waals surface area (Å²) in [5.41, 5.74) is 8.58. The van der Waals surface area contributed by atoms with Crippen LogP contribution in [0.1, 0.15) is 29.9 Å². The maximum absolute atomic E-state index is 6.13. The van der Waals surface area contributed by atoms with Gasteiger partial charge in [0.05, 0.1) is 36.4 Å². The van der Waals surface area contributed by atoms with Gasteiger partial charge in [0.15, 0.2) is 0 Å². The first-order valence-corrected chi connectivity index (χ1v) is 5.82. The number of nitrogens with two attached hydrogens (primary N) is 1. The van der Waals surface area contributed by atoms with Crippen LogP contribution in [0.15, 0.2) is 30.9 Å². The van der Waals surface area contributed by atoms with Crippen molar-refractivity contribution in [1.82, 2.24) is 15.0 Å². The minimum atomic E-state index is -0.342. The van der Waals surface area contributed by atoms with Crippen LogP contribution in [-0.2, 0) is 0 Å². The Morgan fingerprint density at radius 2 is 2.06 bits per heavy atom. The molecule has 2 rings (SSSR count). The molecule has 0 saturated heterocycles. The van der Waals surface area contributed by atoms with Gasteiger partial charge in [-0.05, 0) is 25.5 Å². The molecule has 2 heterocycles. The topological polar surface area (TPSA) is 73.9 Å². The summed E-state index contributed by atoms with van der Waals surface area (Å²) in [4.78, 5) is 12.6. The summed E-state index contributed by atoms with van der Waals surface area (Å²) in [7, 11) is 0. The van der Waals surface area contributed by atoms with Crippen LogP contribution >= 0.6 is 0 Å². The third-order valence-corrected chi connectivity index (χ3v) is 2.52. The van der Waals surface area contributed by atoms with E-state index in [1.54, 1.807) is 24.8 Å². The number of aromatic nitrogens is 3. The molecule has 0 saturated carbocycles. The summed E-state index contributed by atoms with van der Waals surface area (Å²) < 4.78 is 5.40. The van der Waals surface area contributed by atoms with Crippen LogP contribution in [0.25, 0.3) is 0 Å². The monoisotopic (exact) mass is 244 g/mol. The molecule has 2 aromatic heterocycles. The minimum Gasteiger partial charge on any atom is -0.492 e. The van der Waals surface area contributed by atoms with Gasteiger partial charge < -0.3 is 10.5 Å². The number of nitrogens with zero attached hydrogens (tertiary/aromatic N) is 3. The van der Waals surface area contributed by atoms with Gasteiger partial charge in [-0.15, -0.1) is 0 Å². The Morgan fingerprint density at radius 1 is 1.22 bits per heavy atom. The molecule has 0 amide bonds. The third-order valence-electron chi connectivity index (χ3n) is 2.52. The van der Waals surface area contributed by atoms with Crippen LogP contribution in [0.3, 0.4) is 0 Å². The Balaban J connectivity index is 2.24. The van der Waals surface area contributed by atoms with E-state index in [1.165, 1.54) is 0 Å². The van der Waals surface area contributed by atoms with Crippen molar-refractivity contribution in [3.8, 4) is 5.75 Å². The maximum atomic E-state index is 6.13. The summed E-state index contributed by atoms with van der Waals surface area (Å²) in [6, 6.07) is 1.54. The molecule has 94 valence electrons. The highest BCUT2D eigenvalue weighted by molar-refractivity contribution is 5.30. The van der Waals surface area contributed by atoms with Crippen molar-refractivity contribution in [1.29, 1.82) is 0 Å². The van der Waals surface area contributed by atoms with E-state index in [1.807, 2.05) is 19.9 Å². The van der Waals surface area contributed by atoms with Crippen LogP contribution in [0.2, 0.25) is 0 Å². The fourth-order valence-electron chi connectivity index (χ4n) is 1.59. The van der Waals surface area contributed by atoms with E-state index in [0.717, 1.165) is 17.0 Å². The van der Waals surface area contributed by atoms with Gasteiger partial charge in [0.1, 0.15) is 5.75 Å². The first-order chi connectivity index (χ1) is 8.70. The van der Waals surface area contributed by atoms with Gasteiger partial charge in [0.2, 0.25) is 0 Å². The van der Waals surface area contributed by atoms with Crippen molar-refractivity contribution in [3.05, 3.63) is 47.8 Å². The second-order valence-electron chi connectivity index (χ2n) is 3.95. The Labute approximate surface area is 106 Å². The fourth-order valence-corrected chi connectivity index (χ4v) is 1.59. The van der Waals surface area contributed by atoms with Crippen LogP contribution in [0.5, 0.6) is 5.75 Å². The molecule has 2 aromatic rings. The molecule has 0 fully saturated rings. The molecule has 0 aliphatic rings. The van der Waals surface area contributed by atoms with E-state index < -0.39 is 0 Å². The lowest BCUT2D eigenvalue weighted by molar-refractivity contribution is 0.338. The first kappa shape index (κ1) is 12.4. The summed E-state index contributed by atoms with van der Waals surface area (Å²) in [5, 5.41) is 0. The van der Waals surface area contributed by atoms with Gasteiger partial charge in [0, 0.05) is 12.4 Å². The number of hydrogen-bond acceptors (Lipinski definition) is 5. The number of aryl methyl sites for hydroxylation is 1. The highest BCUT2D eigenvalue weighted by Crippen LogP contribution is 2.20. The van der Waals surface area contributed by atoms with Gasteiger partial charge in [0.25, 0.3) is 0 Å². The van der Waals surface area contributed by atoms with Crippen LogP contribution in [-0.4, -0.2) is 21.6 Å². The lowest BCUT2D eigenvalue weighted by Crippen LogP contribution is -2.14. The first-order valence-electron chi connectivity index (χ1n) is 5.82. The molecule has 0 radical (unpaired) electrons. The fraction of sp³-hybridized carbons (Fsp3) is 0.308. The summed E-state index contributed by atoms with van der Waals surface area (Å²) in [5.74, 6) is 0.713. The zero-order valence-corrected chi connectivity index (χ0v) is 10.5. The van der Waals surface area contributed by atoms with E-state index in [4.69, 9.17) is 10.5 Å². The molecule has 5 nitrogen and oxygen atoms in total. The molecule has 0 bridgehead atoms. The molecule has 0 spiro atoms. The summed E-state index contributed by atoms with van der Waals surface area (Å²) in [6.45, 7) is 4.42. The van der Waals surface area contributed by atoms with Gasteiger partial charge >= 0.3 is 0 Å². The van der Waals surface area contributed by atoms with Crippen LogP contribution in [0.4, 0.5) is 0 Å². The van der Waals surface area contributed by atoms with E-state index in [-0.39, 0.29) is 6.04 Å². The second-order valence-corrected chi connectivity index (χ2v) is 3.95. The molecule has 1 unspecified atom stereocenters. The van der Waals surface area contributed by atoms with Gasteiger partial charge in [-0.1, -0.05) is 0 Å². The average Bonchev–Trinajstić information content (AvgIpc) is 2.39. The van der Waals surface area contributed by atoms with Crippen molar-refractivity contribution in [2.45, 2.75) is 19.9 Å². The normalized spacial score (nSPS) is 12.2. The van der Waals surface area contributed by atoms with E-state index in [2.05, 4.69) is 15.0 Å². The summed E-state index contributed by atoms with van der Waals surface area (Å²) >= 11 is 0. The third kappa shape index (κ3) is 2.81. The standard InChI is InChI=1S/C13H16N4O/c1-3-18-11-4-10(6-15-7-11)13(14)12-8-16-9(2)5-17-12/h4-8,13H,3,14H2,1-2H3. The minimum absolute atomic E-state index is 0.342. The highest BCUT2D eigenvalue weighted by atomic mass is 16.5. The Bertz CT molecular complexity index is 513. The number of ether oxygens (including phenoxy) is 1. The molecular weight excluding hydrogens is 228 g/mol. The second kappa shape index (κ2) is 5.55. The Morgan fingerprint density at radius 3 is 2.72 bits per heavy atom. The predicted molar refractivity (Wildman–Crippen MR) is 68.2 cm³/mol. The quantitative estimate of drug-likeness (QED) is 0.884. The molecule has 5 heteroatoms. The number of rotatable bonds is 4. The van der Waals surface area contributed by atoms with Crippen LogP contribution in [0, 0.1) is 6.92 Å². The lowest BCUT2D eigenvalue weighted by Gasteiger charge is -2.12. The molecule has 2 N–H and O–H groups in total. The predicted octanol–water partition coefficient (Wildman–Crippen LogP) is 1.63. The molecular formula is C13H16N4O. The Hall–Kier alpha value is -2.01. The van der Waals surface area contributed by atoms with Crippen molar-refractivity contribution in [2.24, 2.45) is 5.73 Å². The molecule has 18 heavy (non-hydrogen) atoms. The maximum Gasteiger partial charge on any atom is 0.137 e. The van der Waals surface area contributed by atoms with E-state index in [9.17, 15) is 0 Å². The van der Waals surface area contributed by atoms with E-state index in [0.29, 0.717) is 12.4 Å². The average molecular weight is 244 g/mol. The molecule has 1 atom stereocenters. The largest absolute Gasteiger partial charge is 0.492 e. The number of pyridine rings is 1. The molecule has 0 aliphatic heterocycles. The van der Waals surface area contributed by atoms with Gasteiger partial charge in [-0.25, -0.2) is 0 Å². The SMILES string of the molecule is CCOc1cncc(C(N)c2cnc(C)cn2)c1. The van der Waals surface area contributed by atoms with Gasteiger partial charge in [-0.3, -0.25) is 15.0 Å². The smallest absolute Gasteiger partial charge is 0.137 e. The van der Waals surface area contributed by atoms with Crippen molar-refractivity contribution >= 4 is 0 Å². The van der Waals surface area contributed by atoms with Crippen LogP contribution < -0.4 is 10.5 Å². The number of hydrogen-bond donors (Lipinski definition) is 1. The van der Waals surface area contributed by atoms with Crippen molar-refractivity contribution < 1.29 is 4.74 Å². The van der Waals surface area contributed by atoms with Gasteiger partial charge in [-0.2, -0.15) is 0 Å². The van der Waals surface area contributed by atoms with Crippen molar-refractivity contribution in [2.75, 3.05) is 6.61 Å². The zero-order chi connectivity index (χ0) is 13.0. The summed E-state index contributed by atoms with van der Waals surface area (Å²) in [6.07, 6.45) is 6.78. The van der Waals surface area contributed by atoms with Crippen molar-refractivity contribution in [3.63, 3.8) is 0 Å². The Kier molecular flexibility index (Phi) is 3.84.